The molecule has 0 radical (unpaired) electrons. The van der Waals surface area contributed by atoms with Gasteiger partial charge in [-0.05, 0) is 36.6 Å². The van der Waals surface area contributed by atoms with Gasteiger partial charge in [-0.1, -0.05) is 36.8 Å². The van der Waals surface area contributed by atoms with Crippen LogP contribution in [-0.2, 0) is 9.59 Å². The molecule has 0 aromatic heterocycles. The van der Waals surface area contributed by atoms with Crippen molar-refractivity contribution in [3.63, 3.8) is 0 Å². The zero-order chi connectivity index (χ0) is 23.8. The second kappa shape index (κ2) is 8.66. The summed E-state index contributed by atoms with van der Waals surface area (Å²) >= 11 is 0. The van der Waals surface area contributed by atoms with Gasteiger partial charge in [0.15, 0.2) is 0 Å². The molecule has 1 saturated carbocycles. The van der Waals surface area contributed by atoms with Crippen LogP contribution in [0.3, 0.4) is 0 Å². The zero-order valence-corrected chi connectivity index (χ0v) is 18.7. The molecule has 0 spiro atoms. The Bertz CT molecular complexity index is 1250. The lowest BCUT2D eigenvalue weighted by Gasteiger charge is -2.28. The minimum Gasteiger partial charge on any atom is -0.510 e. The second-order valence-electron chi connectivity index (χ2n) is 8.64. The van der Waals surface area contributed by atoms with Crippen molar-refractivity contribution in [2.45, 2.75) is 25.4 Å². The van der Waals surface area contributed by atoms with Crippen molar-refractivity contribution in [2.24, 2.45) is 10.9 Å². The number of aliphatic hydroxyl groups is 1. The van der Waals surface area contributed by atoms with Gasteiger partial charge in [0.05, 0.1) is 23.5 Å². The predicted molar refractivity (Wildman–Crippen MR) is 129 cm³/mol. The Labute approximate surface area is 196 Å². The topological polar surface area (TPSA) is 123 Å². The van der Waals surface area contributed by atoms with Gasteiger partial charge in [0, 0.05) is 24.2 Å². The number of amides is 4. The van der Waals surface area contributed by atoms with Crippen molar-refractivity contribution in [1.29, 1.82) is 0 Å². The number of para-hydroxylation sites is 1. The summed E-state index contributed by atoms with van der Waals surface area (Å²) in [5.41, 5.74) is 3.62. The fourth-order valence-corrected chi connectivity index (χ4v) is 4.46. The molecule has 9 nitrogen and oxygen atoms in total. The number of aliphatic hydroxyl groups excluding tert-OH is 1. The van der Waals surface area contributed by atoms with E-state index < -0.39 is 12.2 Å². The summed E-state index contributed by atoms with van der Waals surface area (Å²) in [5, 5.41) is 17.9. The standard InChI is InChI=1S/C25H25N5O4/c1-30-18-11-3-2-10-17(18)21(14-6-4-7-14)28-22(24(30)33)29-25(34)27-16-9-5-8-15(12-16)20-19(31)13-26-23(20)32/h2-3,5,8-12,14,22,31H,4,6-7,13H2,1H3,(H,26,32)(H2,27,29,34). The minimum atomic E-state index is -1.07. The Hall–Kier alpha value is -4.14. The van der Waals surface area contributed by atoms with Crippen LogP contribution in [0, 0.1) is 5.92 Å². The number of benzodiazepines with no additional fused rings is 1. The van der Waals surface area contributed by atoms with Gasteiger partial charge in [0.2, 0.25) is 6.17 Å². The van der Waals surface area contributed by atoms with Crippen molar-refractivity contribution in [3.8, 4) is 0 Å². The van der Waals surface area contributed by atoms with Crippen LogP contribution in [-0.4, -0.2) is 48.4 Å². The third-order valence-corrected chi connectivity index (χ3v) is 6.47. The molecular formula is C25H25N5O4. The molecule has 2 aromatic carbocycles. The SMILES string of the molecule is CN1C(=O)C(NC(=O)Nc2cccc(C3=C(O)CNC3=O)c2)N=C(C2CCC2)c2ccccc21. The average molecular weight is 460 g/mol. The van der Waals surface area contributed by atoms with Crippen molar-refractivity contribution in [1.82, 2.24) is 10.6 Å². The van der Waals surface area contributed by atoms with Gasteiger partial charge in [-0.15, -0.1) is 0 Å². The maximum atomic E-state index is 13.2. The number of aliphatic imine (C=N–C) groups is 1. The van der Waals surface area contributed by atoms with Gasteiger partial charge in [-0.2, -0.15) is 0 Å². The van der Waals surface area contributed by atoms with E-state index in [0.29, 0.717) is 11.3 Å². The monoisotopic (exact) mass is 459 g/mol. The van der Waals surface area contributed by atoms with Crippen molar-refractivity contribution < 1.29 is 19.5 Å². The van der Waals surface area contributed by atoms with Crippen LogP contribution in [0.25, 0.3) is 5.57 Å². The zero-order valence-electron chi connectivity index (χ0n) is 18.7. The molecule has 1 fully saturated rings. The molecule has 0 saturated heterocycles. The number of hydrogen-bond acceptors (Lipinski definition) is 5. The number of benzene rings is 2. The van der Waals surface area contributed by atoms with Crippen LogP contribution >= 0.6 is 0 Å². The first kappa shape index (κ1) is 21.7. The molecule has 5 rings (SSSR count). The Kier molecular flexibility index (Phi) is 5.53. The molecule has 174 valence electrons. The summed E-state index contributed by atoms with van der Waals surface area (Å²) in [6.07, 6.45) is 2.07. The van der Waals surface area contributed by atoms with Crippen LogP contribution in [0.15, 0.2) is 59.3 Å². The third-order valence-electron chi connectivity index (χ3n) is 6.47. The molecule has 9 heteroatoms. The molecule has 1 aliphatic carbocycles. The van der Waals surface area contributed by atoms with Gasteiger partial charge >= 0.3 is 6.03 Å². The van der Waals surface area contributed by atoms with E-state index in [2.05, 4.69) is 16.0 Å². The molecule has 1 unspecified atom stereocenters. The van der Waals surface area contributed by atoms with E-state index >= 15 is 0 Å². The Morgan fingerprint density at radius 3 is 2.65 bits per heavy atom. The maximum Gasteiger partial charge on any atom is 0.321 e. The first-order valence-corrected chi connectivity index (χ1v) is 11.3. The summed E-state index contributed by atoms with van der Waals surface area (Å²) < 4.78 is 0. The average Bonchev–Trinajstić information content (AvgIpc) is 3.09. The molecule has 4 N–H and O–H groups in total. The summed E-state index contributed by atoms with van der Waals surface area (Å²) in [5.74, 6) is -0.480. The van der Waals surface area contributed by atoms with Crippen LogP contribution in [0.4, 0.5) is 16.2 Å². The van der Waals surface area contributed by atoms with E-state index in [1.54, 1.807) is 31.3 Å². The van der Waals surface area contributed by atoms with Gasteiger partial charge in [0.25, 0.3) is 11.8 Å². The highest BCUT2D eigenvalue weighted by Gasteiger charge is 2.34. The number of urea groups is 1. The van der Waals surface area contributed by atoms with Gasteiger partial charge < -0.3 is 26.0 Å². The molecular weight excluding hydrogens is 434 g/mol. The quantitative estimate of drug-likeness (QED) is 0.561. The number of carbonyl (C=O) groups is 3. The summed E-state index contributed by atoms with van der Waals surface area (Å²) in [4.78, 5) is 44.3. The Morgan fingerprint density at radius 1 is 1.15 bits per heavy atom. The minimum absolute atomic E-state index is 0.0453. The highest BCUT2D eigenvalue weighted by molar-refractivity contribution is 6.22. The van der Waals surface area contributed by atoms with Crippen molar-refractivity contribution >= 4 is 40.5 Å². The van der Waals surface area contributed by atoms with E-state index in [1.165, 1.54) is 4.90 Å². The fourth-order valence-electron chi connectivity index (χ4n) is 4.46. The van der Waals surface area contributed by atoms with Crippen LogP contribution in [0.5, 0.6) is 0 Å². The first-order valence-electron chi connectivity index (χ1n) is 11.3. The third kappa shape index (κ3) is 3.89. The number of rotatable bonds is 4. The number of anilines is 2. The molecule has 1 atom stereocenters. The first-order chi connectivity index (χ1) is 16.4. The Morgan fingerprint density at radius 2 is 1.94 bits per heavy atom. The van der Waals surface area contributed by atoms with Crippen molar-refractivity contribution in [2.75, 3.05) is 23.8 Å². The molecule has 34 heavy (non-hydrogen) atoms. The summed E-state index contributed by atoms with van der Waals surface area (Å²) in [6.45, 7) is 0.0767. The van der Waals surface area contributed by atoms with E-state index in [4.69, 9.17) is 4.99 Å². The van der Waals surface area contributed by atoms with E-state index in [-0.39, 0.29) is 35.6 Å². The fraction of sp³-hybridized carbons (Fsp3) is 0.280. The lowest BCUT2D eigenvalue weighted by atomic mass is 9.79. The van der Waals surface area contributed by atoms with Gasteiger partial charge in [-0.3, -0.25) is 14.6 Å². The lowest BCUT2D eigenvalue weighted by molar-refractivity contribution is -0.119. The number of nitrogens with zero attached hydrogens (tertiary/aromatic N) is 2. The number of hydrogen-bond donors (Lipinski definition) is 4. The van der Waals surface area contributed by atoms with Gasteiger partial charge in [0.1, 0.15) is 5.76 Å². The number of carbonyl (C=O) groups excluding carboxylic acids is 3. The summed E-state index contributed by atoms with van der Waals surface area (Å²) in [6, 6.07) is 13.7. The smallest absolute Gasteiger partial charge is 0.321 e. The summed E-state index contributed by atoms with van der Waals surface area (Å²) in [7, 11) is 1.68. The van der Waals surface area contributed by atoms with E-state index in [1.807, 2.05) is 24.3 Å². The largest absolute Gasteiger partial charge is 0.510 e. The molecule has 2 heterocycles. The molecule has 3 aliphatic rings. The molecule has 2 aliphatic heterocycles. The van der Waals surface area contributed by atoms with Crippen LogP contribution in [0.2, 0.25) is 0 Å². The number of nitrogens with one attached hydrogen (secondary N) is 3. The predicted octanol–water partition coefficient (Wildman–Crippen LogP) is 2.80. The van der Waals surface area contributed by atoms with Crippen LogP contribution in [0.1, 0.15) is 30.4 Å². The Balaban J connectivity index is 1.37. The highest BCUT2D eigenvalue weighted by Crippen LogP contribution is 2.35. The normalized spacial score (nSPS) is 20.2. The van der Waals surface area contributed by atoms with E-state index in [9.17, 15) is 19.5 Å². The lowest BCUT2D eigenvalue weighted by Crippen LogP contribution is -2.47. The molecule has 0 bridgehead atoms. The maximum absolute atomic E-state index is 13.2. The number of fused-ring (bicyclic) bond motifs is 1. The van der Waals surface area contributed by atoms with Crippen LogP contribution < -0.4 is 20.9 Å². The molecule has 2 aromatic rings. The highest BCUT2D eigenvalue weighted by atomic mass is 16.3. The molecule has 4 amide bonds. The number of likely N-dealkylation sites (N-methyl/N-ethyl adjacent to an activating group) is 1. The van der Waals surface area contributed by atoms with Gasteiger partial charge in [-0.25, -0.2) is 4.79 Å². The van der Waals surface area contributed by atoms with Crippen molar-refractivity contribution in [3.05, 3.63) is 65.4 Å². The van der Waals surface area contributed by atoms with E-state index in [0.717, 1.165) is 36.2 Å². The second-order valence-corrected chi connectivity index (χ2v) is 8.64.